The Kier molecular flexibility index (Phi) is 14.0. The van der Waals surface area contributed by atoms with Crippen molar-refractivity contribution in [2.45, 2.75) is 27.7 Å². The zero-order valence-electron chi connectivity index (χ0n) is 12.0. The number of hydrogen-bond acceptors (Lipinski definition) is 3. The minimum atomic E-state index is 0.0880. The van der Waals surface area contributed by atoms with Crippen molar-refractivity contribution in [1.29, 1.82) is 0 Å². The van der Waals surface area contributed by atoms with Gasteiger partial charge in [0.1, 0.15) is 17.2 Å². The van der Waals surface area contributed by atoms with Crippen molar-refractivity contribution in [1.82, 2.24) is 0 Å². The number of phenolic OH excluding ortho intramolecular Hbond substituents is 3. The monoisotopic (exact) mass is 264 g/mol. The van der Waals surface area contributed by atoms with Gasteiger partial charge in [-0.05, 0) is 24.3 Å². The molecule has 0 atom stereocenters. The largest absolute Gasteiger partial charge is 0.508 e. The molecule has 0 aliphatic carbocycles. The molecule has 2 aromatic carbocycles. The van der Waals surface area contributed by atoms with E-state index in [0.717, 1.165) is 0 Å². The van der Waals surface area contributed by atoms with Crippen LogP contribution in [0.1, 0.15) is 27.7 Å². The lowest BCUT2D eigenvalue weighted by Gasteiger charge is -1.89. The number of phenols is 3. The summed E-state index contributed by atoms with van der Waals surface area (Å²) >= 11 is 0. The summed E-state index contributed by atoms with van der Waals surface area (Å²) in [6.45, 7) is 8.00. The maximum Gasteiger partial charge on any atom is 0.119 e. The SMILES string of the molecule is CC.CC.Oc1cccc(O)c1.Oc1ccccc1. The zero-order valence-corrected chi connectivity index (χ0v) is 12.0. The highest BCUT2D eigenvalue weighted by Crippen LogP contribution is 2.14. The van der Waals surface area contributed by atoms with Crippen LogP contribution >= 0.6 is 0 Å². The first-order valence-corrected chi connectivity index (χ1v) is 6.40. The Morgan fingerprint density at radius 2 is 0.895 bits per heavy atom. The van der Waals surface area contributed by atoms with Gasteiger partial charge in [-0.1, -0.05) is 52.0 Å². The molecule has 2 rings (SSSR count). The van der Waals surface area contributed by atoms with E-state index in [1.54, 1.807) is 30.3 Å². The molecule has 3 N–H and O–H groups in total. The predicted molar refractivity (Wildman–Crippen MR) is 80.6 cm³/mol. The molecule has 0 radical (unpaired) electrons. The van der Waals surface area contributed by atoms with E-state index in [0.29, 0.717) is 5.75 Å². The number of aromatic hydroxyl groups is 3. The minimum absolute atomic E-state index is 0.0880. The maximum absolute atomic E-state index is 8.65. The van der Waals surface area contributed by atoms with Gasteiger partial charge < -0.3 is 15.3 Å². The second kappa shape index (κ2) is 13.9. The third-order valence-electron chi connectivity index (χ3n) is 1.59. The van der Waals surface area contributed by atoms with Gasteiger partial charge >= 0.3 is 0 Å². The normalized spacial score (nSPS) is 7.58. The van der Waals surface area contributed by atoms with E-state index in [1.807, 2.05) is 33.8 Å². The molecule has 0 unspecified atom stereocenters. The van der Waals surface area contributed by atoms with Crippen LogP contribution in [0.25, 0.3) is 0 Å². The number of rotatable bonds is 0. The van der Waals surface area contributed by atoms with Crippen LogP contribution in [0.5, 0.6) is 17.2 Å². The molecule has 0 bridgehead atoms. The number of benzene rings is 2. The van der Waals surface area contributed by atoms with Crippen molar-refractivity contribution in [3.63, 3.8) is 0 Å². The summed E-state index contributed by atoms with van der Waals surface area (Å²) in [4.78, 5) is 0. The second-order valence-electron chi connectivity index (χ2n) is 2.86. The van der Waals surface area contributed by atoms with Gasteiger partial charge in [0.15, 0.2) is 0 Å². The lowest BCUT2D eigenvalue weighted by molar-refractivity contribution is 0.450. The first-order valence-electron chi connectivity index (χ1n) is 6.40. The van der Waals surface area contributed by atoms with Crippen LogP contribution in [0.4, 0.5) is 0 Å². The van der Waals surface area contributed by atoms with E-state index in [-0.39, 0.29) is 11.5 Å². The van der Waals surface area contributed by atoms with Crippen molar-refractivity contribution in [3.8, 4) is 17.2 Å². The van der Waals surface area contributed by atoms with E-state index in [1.165, 1.54) is 18.2 Å². The molecular weight excluding hydrogens is 240 g/mol. The zero-order chi connectivity index (χ0) is 15.1. The van der Waals surface area contributed by atoms with Crippen LogP contribution in [0.15, 0.2) is 54.6 Å². The lowest BCUT2D eigenvalue weighted by Crippen LogP contribution is -1.61. The van der Waals surface area contributed by atoms with E-state index in [4.69, 9.17) is 15.3 Å². The van der Waals surface area contributed by atoms with Crippen LogP contribution in [0, 0.1) is 0 Å². The fraction of sp³-hybridized carbons (Fsp3) is 0.250. The molecule has 0 heterocycles. The highest BCUT2D eigenvalue weighted by Gasteiger charge is 1.85. The van der Waals surface area contributed by atoms with Crippen molar-refractivity contribution in [2.75, 3.05) is 0 Å². The fourth-order valence-corrected chi connectivity index (χ4v) is 0.921. The summed E-state index contributed by atoms with van der Waals surface area (Å²) in [7, 11) is 0. The van der Waals surface area contributed by atoms with Crippen molar-refractivity contribution >= 4 is 0 Å². The summed E-state index contributed by atoms with van der Waals surface area (Å²) in [6, 6.07) is 14.6. The summed E-state index contributed by atoms with van der Waals surface area (Å²) in [5.41, 5.74) is 0. The Hall–Kier alpha value is -2.16. The molecule has 106 valence electrons. The van der Waals surface area contributed by atoms with Gasteiger partial charge in [-0.3, -0.25) is 0 Å². The Bertz CT molecular complexity index is 382. The van der Waals surface area contributed by atoms with E-state index in [2.05, 4.69) is 0 Å². The third-order valence-corrected chi connectivity index (χ3v) is 1.59. The van der Waals surface area contributed by atoms with E-state index < -0.39 is 0 Å². The maximum atomic E-state index is 8.65. The highest BCUT2D eigenvalue weighted by atomic mass is 16.3. The molecule has 3 heteroatoms. The van der Waals surface area contributed by atoms with Crippen LogP contribution in [-0.4, -0.2) is 15.3 Å². The van der Waals surface area contributed by atoms with Crippen LogP contribution in [0.3, 0.4) is 0 Å². The molecule has 19 heavy (non-hydrogen) atoms. The summed E-state index contributed by atoms with van der Waals surface area (Å²) in [5, 5.41) is 25.9. The van der Waals surface area contributed by atoms with Crippen molar-refractivity contribution < 1.29 is 15.3 Å². The average Bonchev–Trinajstić information content (AvgIpc) is 2.44. The molecule has 0 saturated carbocycles. The molecule has 0 aliphatic rings. The first kappa shape index (κ1) is 19.2. The molecule has 0 spiro atoms. The van der Waals surface area contributed by atoms with Crippen molar-refractivity contribution in [3.05, 3.63) is 54.6 Å². The van der Waals surface area contributed by atoms with E-state index in [9.17, 15) is 0 Å². The Morgan fingerprint density at radius 1 is 0.526 bits per heavy atom. The molecule has 0 fully saturated rings. The summed E-state index contributed by atoms with van der Waals surface area (Å²) in [6.07, 6.45) is 0. The Balaban J connectivity index is 0. The van der Waals surface area contributed by atoms with E-state index >= 15 is 0 Å². The quantitative estimate of drug-likeness (QED) is 0.654. The van der Waals surface area contributed by atoms with Gasteiger partial charge in [-0.25, -0.2) is 0 Å². The topological polar surface area (TPSA) is 60.7 Å². The molecule has 0 saturated heterocycles. The van der Waals surface area contributed by atoms with Gasteiger partial charge in [-0.2, -0.15) is 0 Å². The Labute approximate surface area is 115 Å². The highest BCUT2D eigenvalue weighted by molar-refractivity contribution is 5.30. The summed E-state index contributed by atoms with van der Waals surface area (Å²) < 4.78 is 0. The molecular formula is C16H24O3. The molecule has 0 aromatic heterocycles. The van der Waals surface area contributed by atoms with Gasteiger partial charge in [0.05, 0.1) is 0 Å². The molecule has 2 aromatic rings. The third kappa shape index (κ3) is 12.1. The van der Waals surface area contributed by atoms with Crippen LogP contribution in [0.2, 0.25) is 0 Å². The van der Waals surface area contributed by atoms with Gasteiger partial charge in [0, 0.05) is 6.07 Å². The van der Waals surface area contributed by atoms with Gasteiger partial charge in [0.25, 0.3) is 0 Å². The second-order valence-corrected chi connectivity index (χ2v) is 2.86. The lowest BCUT2D eigenvalue weighted by atomic mass is 10.3. The predicted octanol–water partition coefficient (Wildman–Crippen LogP) is 4.54. The molecule has 3 nitrogen and oxygen atoms in total. The number of hydrogen-bond donors (Lipinski definition) is 3. The average molecular weight is 264 g/mol. The first-order chi connectivity index (χ1) is 9.18. The van der Waals surface area contributed by atoms with Crippen LogP contribution < -0.4 is 0 Å². The number of para-hydroxylation sites is 1. The smallest absolute Gasteiger partial charge is 0.119 e. The van der Waals surface area contributed by atoms with Gasteiger partial charge in [0.2, 0.25) is 0 Å². The summed E-state index contributed by atoms with van der Waals surface area (Å²) in [5.74, 6) is 0.498. The fourth-order valence-electron chi connectivity index (χ4n) is 0.921. The minimum Gasteiger partial charge on any atom is -0.508 e. The molecule has 0 aliphatic heterocycles. The molecule has 0 amide bonds. The van der Waals surface area contributed by atoms with Gasteiger partial charge in [-0.15, -0.1) is 0 Å². The Morgan fingerprint density at radius 3 is 1.11 bits per heavy atom. The standard InChI is InChI=1S/C6H6O2.C6H6O.2C2H6/c7-5-2-1-3-6(8)4-5;7-6-4-2-1-3-5-6;2*1-2/h1-4,7-8H;1-5,7H;2*1-2H3. The van der Waals surface area contributed by atoms with Crippen LogP contribution in [-0.2, 0) is 0 Å². The van der Waals surface area contributed by atoms with Crippen molar-refractivity contribution in [2.24, 2.45) is 0 Å².